The fraction of sp³-hybridized carbons (Fsp3) is 0.500. The highest BCUT2D eigenvalue weighted by molar-refractivity contribution is 6.34. The van der Waals surface area contributed by atoms with Crippen molar-refractivity contribution in [3.05, 3.63) is 62.9 Å². The first-order valence-corrected chi connectivity index (χ1v) is 12.3. The van der Waals surface area contributed by atoms with Crippen LogP contribution in [0.2, 0.25) is 10.0 Å². The third-order valence-corrected chi connectivity index (χ3v) is 7.40. The fourth-order valence-electron chi connectivity index (χ4n) is 4.68. The number of carboxylic acids is 1. The summed E-state index contributed by atoms with van der Waals surface area (Å²) in [5.74, 6) is -1.28. The number of piperidine rings is 1. The van der Waals surface area contributed by atoms with Gasteiger partial charge in [0.25, 0.3) is 0 Å². The third kappa shape index (κ3) is 5.85. The molecule has 4 rings (SSSR count). The van der Waals surface area contributed by atoms with Gasteiger partial charge >= 0.3 is 5.97 Å². The summed E-state index contributed by atoms with van der Waals surface area (Å²) in [4.78, 5) is 13.7. The molecule has 0 radical (unpaired) electrons. The van der Waals surface area contributed by atoms with E-state index in [-0.39, 0.29) is 22.9 Å². The average molecular weight is 510 g/mol. The van der Waals surface area contributed by atoms with E-state index in [9.17, 15) is 14.3 Å². The Morgan fingerprint density at radius 1 is 1.18 bits per heavy atom. The number of likely N-dealkylation sites (tertiary alicyclic amines) is 1. The molecule has 8 heteroatoms. The van der Waals surface area contributed by atoms with Gasteiger partial charge < -0.3 is 14.6 Å². The van der Waals surface area contributed by atoms with E-state index < -0.39 is 11.8 Å². The molecule has 2 aromatic carbocycles. The Labute approximate surface area is 209 Å². The second kappa shape index (κ2) is 10.4. The van der Waals surface area contributed by atoms with E-state index in [0.29, 0.717) is 29.0 Å². The first kappa shape index (κ1) is 25.2. The Bertz CT molecular complexity index is 1030. The number of ether oxygens (including phenoxy) is 2. The maximum absolute atomic E-state index is 14.4. The first-order chi connectivity index (χ1) is 16.2. The Balaban J connectivity index is 1.43. The monoisotopic (exact) mass is 509 g/mol. The van der Waals surface area contributed by atoms with Crippen LogP contribution >= 0.6 is 23.2 Å². The van der Waals surface area contributed by atoms with Crippen LogP contribution in [0.3, 0.4) is 0 Å². The van der Waals surface area contributed by atoms with Gasteiger partial charge in [-0.05, 0) is 80.1 Å². The molecule has 1 atom stereocenters. The fourth-order valence-corrected chi connectivity index (χ4v) is 5.23. The van der Waals surface area contributed by atoms with Crippen LogP contribution in [0.4, 0.5) is 4.39 Å². The van der Waals surface area contributed by atoms with Gasteiger partial charge in [-0.2, -0.15) is 0 Å². The zero-order valence-corrected chi connectivity index (χ0v) is 21.0. The Hall–Kier alpha value is -1.86. The van der Waals surface area contributed by atoms with E-state index in [0.717, 1.165) is 49.9 Å². The molecule has 0 amide bonds. The molecule has 2 fully saturated rings. The summed E-state index contributed by atoms with van der Waals surface area (Å²) < 4.78 is 26.0. The molecular formula is C26H30Cl2FNO4. The molecule has 34 heavy (non-hydrogen) atoms. The van der Waals surface area contributed by atoms with Gasteiger partial charge in [-0.15, -0.1) is 0 Å². The zero-order valence-electron chi connectivity index (χ0n) is 19.5. The number of carbonyl (C=O) groups is 1. The molecular weight excluding hydrogens is 480 g/mol. The van der Waals surface area contributed by atoms with Crippen molar-refractivity contribution in [1.29, 1.82) is 0 Å². The predicted octanol–water partition coefficient (Wildman–Crippen LogP) is 6.58. The number of aromatic carboxylic acids is 1. The van der Waals surface area contributed by atoms with E-state index in [1.165, 1.54) is 12.1 Å². The second-order valence-corrected chi connectivity index (χ2v) is 10.6. The number of rotatable bonds is 9. The number of benzene rings is 2. The van der Waals surface area contributed by atoms with Crippen molar-refractivity contribution in [3.63, 3.8) is 0 Å². The lowest BCUT2D eigenvalue weighted by Gasteiger charge is -2.42. The Morgan fingerprint density at radius 3 is 2.38 bits per heavy atom. The molecule has 1 heterocycles. The molecule has 1 aliphatic heterocycles. The molecule has 5 nitrogen and oxygen atoms in total. The van der Waals surface area contributed by atoms with Gasteiger partial charge in [-0.25, -0.2) is 9.18 Å². The number of hydrogen-bond acceptors (Lipinski definition) is 4. The summed E-state index contributed by atoms with van der Waals surface area (Å²) in [6, 6.07) is 8.33. The molecule has 2 aliphatic rings. The Morgan fingerprint density at radius 2 is 1.82 bits per heavy atom. The van der Waals surface area contributed by atoms with Crippen LogP contribution in [0, 0.1) is 11.2 Å². The van der Waals surface area contributed by atoms with Crippen LogP contribution in [0.5, 0.6) is 5.75 Å². The molecule has 1 saturated carbocycles. The molecule has 0 aromatic heterocycles. The summed E-state index contributed by atoms with van der Waals surface area (Å²) in [7, 11) is 1.69. The van der Waals surface area contributed by atoms with Gasteiger partial charge in [0.2, 0.25) is 0 Å². The van der Waals surface area contributed by atoms with Crippen molar-refractivity contribution in [2.24, 2.45) is 5.41 Å². The maximum atomic E-state index is 14.4. The van der Waals surface area contributed by atoms with E-state index in [4.69, 9.17) is 32.7 Å². The second-order valence-electron chi connectivity index (χ2n) is 9.76. The topological polar surface area (TPSA) is 59.0 Å². The summed E-state index contributed by atoms with van der Waals surface area (Å²) in [5.41, 5.74) is 1.46. The molecule has 2 aromatic rings. The van der Waals surface area contributed by atoms with Crippen molar-refractivity contribution < 1.29 is 23.8 Å². The van der Waals surface area contributed by atoms with Crippen molar-refractivity contribution in [2.45, 2.75) is 44.6 Å². The van der Waals surface area contributed by atoms with Crippen LogP contribution in [0.1, 0.15) is 66.1 Å². The van der Waals surface area contributed by atoms with Crippen LogP contribution in [-0.4, -0.2) is 49.4 Å². The Kier molecular flexibility index (Phi) is 7.72. The van der Waals surface area contributed by atoms with E-state index >= 15 is 0 Å². The van der Waals surface area contributed by atoms with E-state index in [1.54, 1.807) is 13.2 Å². The molecule has 0 unspecified atom stereocenters. The van der Waals surface area contributed by atoms with E-state index in [2.05, 4.69) is 11.8 Å². The molecule has 1 N–H and O–H groups in total. The van der Waals surface area contributed by atoms with Gasteiger partial charge in [0, 0.05) is 28.6 Å². The first-order valence-electron chi connectivity index (χ1n) is 11.6. The highest BCUT2D eigenvalue weighted by Gasteiger charge is 2.35. The highest BCUT2D eigenvalue weighted by atomic mass is 35.5. The van der Waals surface area contributed by atoms with Gasteiger partial charge in [0.1, 0.15) is 11.6 Å². The number of hydrogen-bond donors (Lipinski definition) is 1. The van der Waals surface area contributed by atoms with Gasteiger partial charge in [0.05, 0.1) is 24.8 Å². The van der Waals surface area contributed by atoms with Crippen LogP contribution in [0.25, 0.3) is 0 Å². The van der Waals surface area contributed by atoms with Crippen molar-refractivity contribution >= 4 is 29.2 Å². The smallest absolute Gasteiger partial charge is 0.338 e. The summed E-state index contributed by atoms with van der Waals surface area (Å²) in [5, 5.41) is 10.5. The number of carboxylic acid groups (broad SMARTS) is 1. The largest absolute Gasteiger partial charge is 0.493 e. The predicted molar refractivity (Wildman–Crippen MR) is 131 cm³/mol. The highest BCUT2D eigenvalue weighted by Crippen LogP contribution is 2.46. The minimum Gasteiger partial charge on any atom is -0.493 e. The summed E-state index contributed by atoms with van der Waals surface area (Å²) in [6.07, 6.45) is 3.75. The lowest BCUT2D eigenvalue weighted by molar-refractivity contribution is 0.0216. The van der Waals surface area contributed by atoms with Gasteiger partial charge in [-0.3, -0.25) is 4.90 Å². The zero-order chi connectivity index (χ0) is 24.5. The van der Waals surface area contributed by atoms with E-state index in [1.807, 2.05) is 12.1 Å². The SMILES string of the molecule is COC[C@@H](c1cc(Cl)cc(Cl)c1)N1CCC(C)(COc2cc(F)c(C(=O)O)cc2C2CC2)CC1. The van der Waals surface area contributed by atoms with Crippen molar-refractivity contribution in [2.75, 3.05) is 33.4 Å². The molecule has 1 aliphatic carbocycles. The number of nitrogens with zero attached hydrogens (tertiary/aromatic N) is 1. The van der Waals surface area contributed by atoms with Crippen LogP contribution in [-0.2, 0) is 4.74 Å². The molecule has 184 valence electrons. The number of halogens is 3. The minimum atomic E-state index is -1.25. The van der Waals surface area contributed by atoms with Crippen LogP contribution in [0.15, 0.2) is 30.3 Å². The normalized spacial score (nSPS) is 19.1. The summed E-state index contributed by atoms with van der Waals surface area (Å²) >= 11 is 12.5. The average Bonchev–Trinajstić information content (AvgIpc) is 3.61. The standard InChI is InChI=1S/C26H30Cl2FNO4/c1-26(15-34-24-13-22(29)21(25(31)32)12-20(24)16-3-4-16)5-7-30(8-6-26)23(14-33-2)17-9-18(27)11-19(28)10-17/h9-13,16,23H,3-8,14-15H2,1-2H3,(H,31,32)/t23-/m0/s1. The van der Waals surface area contributed by atoms with Crippen LogP contribution < -0.4 is 4.74 Å². The maximum Gasteiger partial charge on any atom is 0.338 e. The lowest BCUT2D eigenvalue weighted by atomic mass is 9.80. The molecule has 0 spiro atoms. The van der Waals surface area contributed by atoms with Gasteiger partial charge in [-0.1, -0.05) is 30.1 Å². The minimum absolute atomic E-state index is 0.0470. The molecule has 1 saturated heterocycles. The quantitative estimate of drug-likeness (QED) is 0.413. The summed E-state index contributed by atoms with van der Waals surface area (Å²) in [6.45, 7) is 4.86. The molecule has 0 bridgehead atoms. The number of methoxy groups -OCH3 is 1. The van der Waals surface area contributed by atoms with Crippen molar-refractivity contribution in [1.82, 2.24) is 4.90 Å². The third-order valence-electron chi connectivity index (χ3n) is 6.96. The lowest BCUT2D eigenvalue weighted by Crippen LogP contribution is -2.44. The van der Waals surface area contributed by atoms with Crippen molar-refractivity contribution in [3.8, 4) is 5.75 Å². The van der Waals surface area contributed by atoms with Gasteiger partial charge in [0.15, 0.2) is 0 Å².